The monoisotopic (exact) mass is 335 g/mol. The van der Waals surface area contributed by atoms with E-state index in [0.29, 0.717) is 13.0 Å². The number of halogens is 1. The van der Waals surface area contributed by atoms with Crippen LogP contribution in [0.25, 0.3) is 0 Å². The molecule has 124 valence electrons. The number of benzene rings is 1. The van der Waals surface area contributed by atoms with Gasteiger partial charge in [0.1, 0.15) is 5.82 Å². The summed E-state index contributed by atoms with van der Waals surface area (Å²) in [5.41, 5.74) is 6.59. The van der Waals surface area contributed by atoms with Gasteiger partial charge in [-0.3, -0.25) is 0 Å². The summed E-state index contributed by atoms with van der Waals surface area (Å²) in [7, 11) is -3.74. The molecule has 1 aromatic rings. The average Bonchev–Trinajstić information content (AvgIpc) is 2.53. The van der Waals surface area contributed by atoms with Crippen LogP contribution in [0.3, 0.4) is 0 Å². The third-order valence-corrected chi connectivity index (χ3v) is 5.84. The van der Waals surface area contributed by atoms with E-state index in [0.717, 1.165) is 30.9 Å². The first-order valence-electron chi connectivity index (χ1n) is 7.73. The molecule has 0 aliphatic heterocycles. The first-order chi connectivity index (χ1) is 10.9. The molecule has 0 heterocycles. The van der Waals surface area contributed by atoms with E-state index in [1.165, 1.54) is 18.2 Å². The number of hydrogen-bond acceptors (Lipinski definition) is 3. The highest BCUT2D eigenvalue weighted by molar-refractivity contribution is 7.95. The van der Waals surface area contributed by atoms with Crippen molar-refractivity contribution in [2.45, 2.75) is 30.6 Å². The Morgan fingerprint density at radius 1 is 1.26 bits per heavy atom. The maximum Gasteiger partial charge on any atom is 0.206 e. The van der Waals surface area contributed by atoms with E-state index >= 15 is 0 Å². The molecule has 0 saturated heterocycles. The molecule has 2 N–H and O–H groups in total. The molecule has 23 heavy (non-hydrogen) atoms. The van der Waals surface area contributed by atoms with Gasteiger partial charge in [0.25, 0.3) is 0 Å². The number of allylic oxidation sites excluding steroid dienone is 3. The van der Waals surface area contributed by atoms with Crippen LogP contribution < -0.4 is 5.73 Å². The predicted octanol–water partition coefficient (Wildman–Crippen LogP) is 3.74. The Morgan fingerprint density at radius 2 is 2.04 bits per heavy atom. The molecular formula is C18H22FNO2S. The maximum absolute atomic E-state index is 13.4. The summed E-state index contributed by atoms with van der Waals surface area (Å²) in [4.78, 5) is 0.147. The molecule has 1 aromatic carbocycles. The zero-order valence-electron chi connectivity index (χ0n) is 13.0. The van der Waals surface area contributed by atoms with E-state index < -0.39 is 15.7 Å². The fraction of sp³-hybridized carbons (Fsp3) is 0.333. The van der Waals surface area contributed by atoms with Crippen LogP contribution in [0.1, 0.15) is 25.7 Å². The van der Waals surface area contributed by atoms with Crippen molar-refractivity contribution in [2.75, 3.05) is 6.54 Å². The fourth-order valence-electron chi connectivity index (χ4n) is 2.60. The van der Waals surface area contributed by atoms with E-state index in [4.69, 9.17) is 5.73 Å². The molecule has 5 heteroatoms. The van der Waals surface area contributed by atoms with E-state index in [2.05, 4.69) is 6.58 Å². The maximum atomic E-state index is 13.4. The third-order valence-electron chi connectivity index (χ3n) is 4.04. The minimum Gasteiger partial charge on any atom is -0.330 e. The molecule has 1 aliphatic rings. The van der Waals surface area contributed by atoms with Gasteiger partial charge in [0.2, 0.25) is 9.84 Å². The minimum absolute atomic E-state index is 0.0357. The second-order valence-corrected chi connectivity index (χ2v) is 7.64. The van der Waals surface area contributed by atoms with Crippen LogP contribution in [-0.2, 0) is 9.84 Å². The standard InChI is InChI=1S/C18H22FNO2S/c1-14-10-11-17(8-4-2-3-6-15(14)13-20)23(21,22)18-9-5-7-16(19)12-18/h5,7-12,15H,1-4,6,13,20H2/b11-10-,17-8+. The Balaban J connectivity index is 2.38. The summed E-state index contributed by atoms with van der Waals surface area (Å²) in [6, 6.07) is 5.07. The topological polar surface area (TPSA) is 60.2 Å². The van der Waals surface area contributed by atoms with Crippen molar-refractivity contribution >= 4 is 9.84 Å². The van der Waals surface area contributed by atoms with Gasteiger partial charge in [-0.15, -0.1) is 0 Å². The van der Waals surface area contributed by atoms with E-state index in [-0.39, 0.29) is 15.7 Å². The molecule has 1 unspecified atom stereocenters. The number of hydrogen-bond donors (Lipinski definition) is 1. The second-order valence-electron chi connectivity index (χ2n) is 5.69. The van der Waals surface area contributed by atoms with Crippen molar-refractivity contribution in [1.29, 1.82) is 0 Å². The molecule has 1 atom stereocenters. The molecule has 0 amide bonds. The fourth-order valence-corrected chi connectivity index (χ4v) is 3.98. The third kappa shape index (κ3) is 4.39. The van der Waals surface area contributed by atoms with Crippen molar-refractivity contribution < 1.29 is 12.8 Å². The molecular weight excluding hydrogens is 313 g/mol. The van der Waals surface area contributed by atoms with Gasteiger partial charge in [-0.1, -0.05) is 36.8 Å². The molecule has 0 saturated carbocycles. The van der Waals surface area contributed by atoms with Crippen LogP contribution in [0.5, 0.6) is 0 Å². The number of sulfone groups is 1. The van der Waals surface area contributed by atoms with Crippen molar-refractivity contribution in [2.24, 2.45) is 11.7 Å². The van der Waals surface area contributed by atoms with Crippen LogP contribution >= 0.6 is 0 Å². The molecule has 0 spiro atoms. The smallest absolute Gasteiger partial charge is 0.206 e. The van der Waals surface area contributed by atoms with Crippen molar-refractivity contribution in [3.63, 3.8) is 0 Å². The van der Waals surface area contributed by atoms with Gasteiger partial charge in [-0.25, -0.2) is 12.8 Å². The van der Waals surface area contributed by atoms with Gasteiger partial charge >= 0.3 is 0 Å². The largest absolute Gasteiger partial charge is 0.330 e. The number of rotatable bonds is 3. The van der Waals surface area contributed by atoms with Crippen molar-refractivity contribution in [3.05, 3.63) is 65.4 Å². The molecule has 0 radical (unpaired) electrons. The van der Waals surface area contributed by atoms with E-state index in [9.17, 15) is 12.8 Å². The van der Waals surface area contributed by atoms with E-state index in [1.54, 1.807) is 18.2 Å². The zero-order chi connectivity index (χ0) is 16.9. The first-order valence-corrected chi connectivity index (χ1v) is 9.21. The van der Waals surface area contributed by atoms with Crippen LogP contribution in [0.15, 0.2) is 64.4 Å². The average molecular weight is 335 g/mol. The molecule has 3 nitrogen and oxygen atoms in total. The Morgan fingerprint density at radius 3 is 2.74 bits per heavy atom. The quantitative estimate of drug-likeness (QED) is 0.915. The highest BCUT2D eigenvalue weighted by Gasteiger charge is 2.20. The summed E-state index contributed by atoms with van der Waals surface area (Å²) in [6.45, 7) is 4.49. The highest BCUT2D eigenvalue weighted by Crippen LogP contribution is 2.25. The van der Waals surface area contributed by atoms with Crippen molar-refractivity contribution in [1.82, 2.24) is 0 Å². The lowest BCUT2D eigenvalue weighted by Gasteiger charge is -2.16. The van der Waals surface area contributed by atoms with Crippen LogP contribution in [0.4, 0.5) is 4.39 Å². The lowest BCUT2D eigenvalue weighted by molar-refractivity contribution is 0.538. The van der Waals surface area contributed by atoms with E-state index in [1.807, 2.05) is 0 Å². The lowest BCUT2D eigenvalue weighted by Crippen LogP contribution is -2.16. The predicted molar refractivity (Wildman–Crippen MR) is 91.0 cm³/mol. The summed E-state index contributed by atoms with van der Waals surface area (Å²) in [5, 5.41) is 0. The summed E-state index contributed by atoms with van der Waals surface area (Å²) in [5.74, 6) is -0.398. The van der Waals surface area contributed by atoms with Crippen molar-refractivity contribution in [3.8, 4) is 0 Å². The SMILES string of the molecule is C=C1/C=C\C(S(=O)(=O)c2cccc(F)c2)=C/CCCCC1CN. The minimum atomic E-state index is -3.74. The number of nitrogens with two attached hydrogens (primary N) is 1. The molecule has 0 aromatic heterocycles. The summed E-state index contributed by atoms with van der Waals surface area (Å²) >= 11 is 0. The van der Waals surface area contributed by atoms with Gasteiger partial charge in [-0.2, -0.15) is 0 Å². The van der Waals surface area contributed by atoms with Crippen LogP contribution in [-0.4, -0.2) is 15.0 Å². The summed E-state index contributed by atoms with van der Waals surface area (Å²) in [6.07, 6.45) is 8.45. The van der Waals surface area contributed by atoms with Gasteiger partial charge in [-0.05, 0) is 56.0 Å². The Kier molecular flexibility index (Phi) is 5.91. The second kappa shape index (κ2) is 7.70. The first kappa shape index (κ1) is 17.6. The van der Waals surface area contributed by atoms with Crippen LogP contribution in [0.2, 0.25) is 0 Å². The van der Waals surface area contributed by atoms with Gasteiger partial charge in [0, 0.05) is 0 Å². The Hall–Kier alpha value is -1.72. The van der Waals surface area contributed by atoms with Gasteiger partial charge < -0.3 is 5.73 Å². The van der Waals surface area contributed by atoms with Crippen LogP contribution in [0, 0.1) is 11.7 Å². The molecule has 2 rings (SSSR count). The van der Waals surface area contributed by atoms with Gasteiger partial charge in [0.05, 0.1) is 9.80 Å². The van der Waals surface area contributed by atoms with Gasteiger partial charge in [0.15, 0.2) is 0 Å². The Labute approximate surface area is 137 Å². The molecule has 0 fully saturated rings. The summed E-state index contributed by atoms with van der Waals surface area (Å²) < 4.78 is 38.8. The lowest BCUT2D eigenvalue weighted by atomic mass is 9.93. The highest BCUT2D eigenvalue weighted by atomic mass is 32.2. The Bertz CT molecular complexity index is 735. The zero-order valence-corrected chi connectivity index (χ0v) is 13.9. The molecule has 0 bridgehead atoms. The normalized spacial score (nSPS) is 23.8. The molecule has 1 aliphatic carbocycles.